The van der Waals surface area contributed by atoms with Crippen LogP contribution in [0, 0.1) is 0 Å². The second kappa shape index (κ2) is 4.80. The molecule has 0 radical (unpaired) electrons. The van der Waals surface area contributed by atoms with Crippen molar-refractivity contribution in [3.05, 3.63) is 49.1 Å². The van der Waals surface area contributed by atoms with Gasteiger partial charge >= 0.3 is 103 Å². The molecule has 0 spiro atoms. The van der Waals surface area contributed by atoms with E-state index in [2.05, 4.69) is 0 Å². The van der Waals surface area contributed by atoms with Crippen molar-refractivity contribution in [1.29, 1.82) is 0 Å². The molecule has 0 aliphatic rings. The van der Waals surface area contributed by atoms with Crippen molar-refractivity contribution < 1.29 is 13.2 Å². The molecule has 0 fully saturated rings. The number of hydrogen-bond acceptors (Lipinski definition) is 0. The third kappa shape index (κ3) is 3.02. The van der Waals surface area contributed by atoms with Crippen LogP contribution in [0.2, 0.25) is 0 Å². The summed E-state index contributed by atoms with van der Waals surface area (Å²) < 4.78 is 39.0. The molecule has 0 saturated carbocycles. The molecule has 0 aliphatic carbocycles. The minimum absolute atomic E-state index is 0.0383. The van der Waals surface area contributed by atoms with Gasteiger partial charge in [-0.05, 0) is 0 Å². The molecule has 0 amide bonds. The molecule has 16 heavy (non-hydrogen) atoms. The first-order valence-electron chi connectivity index (χ1n) is 4.43. The molecular formula is C11H7F3Se2. The zero-order valence-electron chi connectivity index (χ0n) is 7.99. The summed E-state index contributed by atoms with van der Waals surface area (Å²) in [6.07, 6.45) is -3.80. The van der Waals surface area contributed by atoms with E-state index in [-0.39, 0.29) is 29.0 Å². The van der Waals surface area contributed by atoms with Crippen LogP contribution in [0.1, 0.15) is 8.87 Å². The topological polar surface area (TPSA) is 0 Å². The number of halogens is 3. The molecule has 2 aromatic rings. The van der Waals surface area contributed by atoms with Crippen LogP contribution in [0.3, 0.4) is 0 Å². The van der Waals surface area contributed by atoms with Gasteiger partial charge in [-0.25, -0.2) is 0 Å². The Labute approximate surface area is 103 Å². The molecule has 2 rings (SSSR count). The molecule has 0 aliphatic heterocycles. The molecule has 5 heteroatoms. The molecule has 0 aromatic carbocycles. The number of rotatable bonds is 2. The fourth-order valence-corrected chi connectivity index (χ4v) is 4.79. The summed E-state index contributed by atoms with van der Waals surface area (Å²) in [4.78, 5) is 3.87. The SMILES string of the molecule is FC(F)(F)C=C(c1ccc[se]1)c1ccc[se]1. The van der Waals surface area contributed by atoms with E-state index in [1.54, 1.807) is 12.1 Å². The van der Waals surface area contributed by atoms with E-state index in [9.17, 15) is 13.2 Å². The third-order valence-corrected chi connectivity index (χ3v) is 5.67. The van der Waals surface area contributed by atoms with E-state index in [1.807, 2.05) is 22.0 Å². The molecular weight excluding hydrogens is 347 g/mol. The van der Waals surface area contributed by atoms with Gasteiger partial charge < -0.3 is 0 Å². The summed E-state index contributed by atoms with van der Waals surface area (Å²) in [5.41, 5.74) is 0.377. The molecule has 0 saturated heterocycles. The van der Waals surface area contributed by atoms with Gasteiger partial charge in [0.25, 0.3) is 0 Å². The van der Waals surface area contributed by atoms with Crippen LogP contribution in [0.25, 0.3) is 5.57 Å². The van der Waals surface area contributed by atoms with Gasteiger partial charge in [0.05, 0.1) is 0 Å². The zero-order valence-corrected chi connectivity index (χ0v) is 11.4. The maximum atomic E-state index is 12.5. The van der Waals surface area contributed by atoms with E-state index >= 15 is 0 Å². The van der Waals surface area contributed by atoms with Crippen LogP contribution in [-0.2, 0) is 0 Å². The van der Waals surface area contributed by atoms with E-state index in [0.29, 0.717) is 11.6 Å². The Bertz CT molecular complexity index is 428. The Balaban J connectivity index is 2.47. The van der Waals surface area contributed by atoms with Gasteiger partial charge in [0.1, 0.15) is 0 Å². The van der Waals surface area contributed by atoms with E-state index in [4.69, 9.17) is 0 Å². The summed E-state index contributed by atoms with van der Waals surface area (Å²) in [5, 5.41) is 0. The zero-order chi connectivity index (χ0) is 11.6. The number of hydrogen-bond donors (Lipinski definition) is 0. The number of alkyl halides is 3. The predicted molar refractivity (Wildman–Crippen MR) is 59.9 cm³/mol. The Morgan fingerprint density at radius 1 is 1.00 bits per heavy atom. The Morgan fingerprint density at radius 2 is 1.50 bits per heavy atom. The standard InChI is InChI=1S/C11H7F3Se2/c12-11(13,14)7-8(9-3-1-5-15-9)10-4-2-6-16-10/h1-7H. The quantitative estimate of drug-likeness (QED) is 0.728. The fourth-order valence-electron chi connectivity index (χ4n) is 1.29. The van der Waals surface area contributed by atoms with Gasteiger partial charge in [0, 0.05) is 0 Å². The Kier molecular flexibility index (Phi) is 3.60. The molecule has 0 atom stereocenters. The van der Waals surface area contributed by atoms with Crippen LogP contribution >= 0.6 is 0 Å². The Hall–Kier alpha value is -0.471. The van der Waals surface area contributed by atoms with Gasteiger partial charge in [-0.1, -0.05) is 0 Å². The van der Waals surface area contributed by atoms with E-state index in [1.165, 1.54) is 0 Å². The van der Waals surface area contributed by atoms with Gasteiger partial charge in [0.2, 0.25) is 0 Å². The van der Waals surface area contributed by atoms with Crippen molar-refractivity contribution in [2.45, 2.75) is 6.18 Å². The molecule has 84 valence electrons. The van der Waals surface area contributed by atoms with Crippen LogP contribution in [0.15, 0.2) is 40.2 Å². The van der Waals surface area contributed by atoms with Gasteiger partial charge in [-0.15, -0.1) is 0 Å². The van der Waals surface area contributed by atoms with Crippen molar-refractivity contribution in [3.8, 4) is 0 Å². The molecule has 0 unspecified atom stereocenters. The summed E-state index contributed by atoms with van der Waals surface area (Å²) in [7, 11) is 0. The van der Waals surface area contributed by atoms with Crippen molar-refractivity contribution in [3.63, 3.8) is 0 Å². The first kappa shape index (κ1) is 12.0. The molecule has 2 heterocycles. The van der Waals surface area contributed by atoms with Gasteiger partial charge in [0.15, 0.2) is 0 Å². The van der Waals surface area contributed by atoms with Crippen molar-refractivity contribution in [2.75, 3.05) is 0 Å². The summed E-state index contributed by atoms with van der Waals surface area (Å²) in [6, 6.07) is 7.23. The normalized spacial score (nSPS) is 11.4. The fraction of sp³-hybridized carbons (Fsp3) is 0.0909. The van der Waals surface area contributed by atoms with E-state index < -0.39 is 6.18 Å². The monoisotopic (exact) mass is 356 g/mol. The first-order valence-corrected chi connectivity index (χ1v) is 8.13. The molecule has 0 N–H and O–H groups in total. The average molecular weight is 354 g/mol. The van der Waals surface area contributed by atoms with Gasteiger partial charge in [-0.3, -0.25) is 0 Å². The second-order valence-corrected chi connectivity index (χ2v) is 7.03. The summed E-state index contributed by atoms with van der Waals surface area (Å²) in [5.74, 6) is 0. The Morgan fingerprint density at radius 3 is 1.81 bits per heavy atom. The maximum absolute atomic E-state index is 12.5. The summed E-state index contributed by atoms with van der Waals surface area (Å²) >= 11 is 0.0766. The van der Waals surface area contributed by atoms with Crippen molar-refractivity contribution in [2.24, 2.45) is 0 Å². The van der Waals surface area contributed by atoms with Crippen molar-refractivity contribution >= 4 is 34.6 Å². The average Bonchev–Trinajstić information content (AvgIpc) is 2.86. The molecule has 2 aromatic heterocycles. The molecule has 0 nitrogen and oxygen atoms in total. The summed E-state index contributed by atoms with van der Waals surface area (Å²) in [6.45, 7) is 0. The van der Waals surface area contributed by atoms with E-state index in [0.717, 1.165) is 8.87 Å². The van der Waals surface area contributed by atoms with Gasteiger partial charge in [-0.2, -0.15) is 0 Å². The van der Waals surface area contributed by atoms with Crippen LogP contribution in [-0.4, -0.2) is 35.2 Å². The van der Waals surface area contributed by atoms with Crippen LogP contribution in [0.4, 0.5) is 13.2 Å². The van der Waals surface area contributed by atoms with Crippen molar-refractivity contribution in [1.82, 2.24) is 0 Å². The van der Waals surface area contributed by atoms with Crippen LogP contribution < -0.4 is 0 Å². The first-order chi connectivity index (χ1) is 7.56. The second-order valence-electron chi connectivity index (χ2n) is 3.05. The van der Waals surface area contributed by atoms with Crippen LogP contribution in [0.5, 0.6) is 0 Å². The predicted octanol–water partition coefficient (Wildman–Crippen LogP) is 2.79. The minimum atomic E-state index is -4.24. The third-order valence-electron chi connectivity index (χ3n) is 1.88. The number of allylic oxidation sites excluding steroid dienone is 1. The molecule has 0 bridgehead atoms.